The van der Waals surface area contributed by atoms with Gasteiger partial charge in [0.1, 0.15) is 5.82 Å². The van der Waals surface area contributed by atoms with Crippen LogP contribution < -0.4 is 10.6 Å². The number of benzene rings is 1. The van der Waals surface area contributed by atoms with Crippen LogP contribution in [0.25, 0.3) is 11.0 Å². The maximum atomic E-state index is 12.2. The summed E-state index contributed by atoms with van der Waals surface area (Å²) in [5.41, 5.74) is 3.12. The average molecular weight is 373 g/mol. The molecular weight excluding hydrogens is 346 g/mol. The zero-order chi connectivity index (χ0) is 19.6. The van der Waals surface area contributed by atoms with Gasteiger partial charge in [-0.25, -0.2) is 9.78 Å². The minimum atomic E-state index is -0.816. The van der Waals surface area contributed by atoms with E-state index in [4.69, 9.17) is 5.11 Å². The molecule has 3 rings (SSSR count). The predicted octanol–water partition coefficient (Wildman–Crippen LogP) is 1.62. The van der Waals surface area contributed by atoms with Gasteiger partial charge in [0.15, 0.2) is 0 Å². The molecule has 3 N–H and O–H groups in total. The lowest BCUT2D eigenvalue weighted by atomic mass is 9.85. The summed E-state index contributed by atoms with van der Waals surface area (Å²) in [6.45, 7) is 5.08. The van der Waals surface area contributed by atoms with Crippen molar-refractivity contribution < 1.29 is 14.7 Å². The van der Waals surface area contributed by atoms with E-state index in [9.17, 15) is 9.59 Å². The highest BCUT2D eigenvalue weighted by Gasteiger charge is 2.34. The summed E-state index contributed by atoms with van der Waals surface area (Å²) in [7, 11) is 1.94. The Bertz CT molecular complexity index is 841. The highest BCUT2D eigenvalue weighted by molar-refractivity contribution is 5.77. The minimum absolute atomic E-state index is 0.0479. The number of carbonyl (C=O) groups excluding carboxylic acids is 1. The molecule has 0 aliphatic heterocycles. The van der Waals surface area contributed by atoms with Crippen molar-refractivity contribution >= 4 is 23.0 Å². The van der Waals surface area contributed by atoms with Crippen molar-refractivity contribution in [2.45, 2.75) is 45.3 Å². The third-order valence-electron chi connectivity index (χ3n) is 5.25. The molecule has 1 aromatic heterocycles. The number of aromatic nitrogens is 2. The van der Waals surface area contributed by atoms with Crippen LogP contribution in [-0.2, 0) is 18.4 Å². The summed E-state index contributed by atoms with van der Waals surface area (Å²) in [6.07, 6.45) is 1.56. The van der Waals surface area contributed by atoms with Gasteiger partial charge in [-0.2, -0.15) is 0 Å². The van der Waals surface area contributed by atoms with Crippen LogP contribution in [0.1, 0.15) is 31.2 Å². The molecule has 0 radical (unpaired) electrons. The molecule has 0 spiro atoms. The number of carbonyl (C=O) groups is 2. The monoisotopic (exact) mass is 373 g/mol. The molecule has 2 aromatic rings. The zero-order valence-electron chi connectivity index (χ0n) is 16.0. The third-order valence-corrected chi connectivity index (χ3v) is 5.25. The van der Waals surface area contributed by atoms with Gasteiger partial charge in [0.2, 0.25) is 0 Å². The number of nitrogens with one attached hydrogen (secondary N) is 2. The van der Waals surface area contributed by atoms with E-state index in [-0.39, 0.29) is 24.7 Å². The molecule has 2 amide bonds. The van der Waals surface area contributed by atoms with Gasteiger partial charge >= 0.3 is 12.0 Å². The molecule has 8 heteroatoms. The van der Waals surface area contributed by atoms with Crippen LogP contribution in [0.5, 0.6) is 0 Å². The Morgan fingerprint density at radius 3 is 2.78 bits per heavy atom. The van der Waals surface area contributed by atoms with E-state index in [0.29, 0.717) is 13.1 Å². The van der Waals surface area contributed by atoms with Crippen LogP contribution in [-0.4, -0.2) is 56.7 Å². The molecule has 1 fully saturated rings. The number of urea groups is 1. The van der Waals surface area contributed by atoms with E-state index < -0.39 is 5.97 Å². The van der Waals surface area contributed by atoms with Crippen LogP contribution in [0.4, 0.5) is 4.79 Å². The summed E-state index contributed by atoms with van der Waals surface area (Å²) in [5.74, 6) is -0.0143. The Labute approximate surface area is 158 Å². The molecule has 146 valence electrons. The van der Waals surface area contributed by atoms with Crippen molar-refractivity contribution in [3.63, 3.8) is 0 Å². The Morgan fingerprint density at radius 2 is 2.11 bits per heavy atom. The summed E-state index contributed by atoms with van der Waals surface area (Å²) in [4.78, 5) is 29.6. The Hall–Kier alpha value is -2.61. The summed E-state index contributed by atoms with van der Waals surface area (Å²) < 4.78 is 1.99. The smallest absolute Gasteiger partial charge is 0.317 e. The number of aryl methyl sites for hydroxylation is 2. The number of fused-ring (bicyclic) bond motifs is 1. The number of amides is 2. The Morgan fingerprint density at radius 1 is 1.37 bits per heavy atom. The van der Waals surface area contributed by atoms with Gasteiger partial charge in [-0.15, -0.1) is 0 Å². The second-order valence-corrected chi connectivity index (χ2v) is 7.19. The van der Waals surface area contributed by atoms with Crippen molar-refractivity contribution in [2.24, 2.45) is 7.05 Å². The minimum Gasteiger partial charge on any atom is -0.480 e. The van der Waals surface area contributed by atoms with Gasteiger partial charge in [-0.3, -0.25) is 9.69 Å². The van der Waals surface area contributed by atoms with E-state index in [1.54, 1.807) is 0 Å². The van der Waals surface area contributed by atoms with E-state index in [2.05, 4.69) is 15.6 Å². The maximum Gasteiger partial charge on any atom is 0.317 e. The number of hydrogen-bond acceptors (Lipinski definition) is 4. The number of nitrogens with zero attached hydrogens (tertiary/aromatic N) is 3. The predicted molar refractivity (Wildman–Crippen MR) is 103 cm³/mol. The Kier molecular flexibility index (Phi) is 5.65. The summed E-state index contributed by atoms with van der Waals surface area (Å²) in [6, 6.07) is 6.20. The van der Waals surface area contributed by atoms with Crippen molar-refractivity contribution in [1.29, 1.82) is 0 Å². The molecular formula is C19H27N5O3. The first-order valence-corrected chi connectivity index (χ1v) is 9.29. The van der Waals surface area contributed by atoms with Crippen molar-refractivity contribution in [1.82, 2.24) is 25.1 Å². The van der Waals surface area contributed by atoms with Crippen LogP contribution >= 0.6 is 0 Å². The third kappa shape index (κ3) is 4.39. The lowest BCUT2D eigenvalue weighted by Crippen LogP contribution is -2.56. The van der Waals surface area contributed by atoms with E-state index in [0.717, 1.165) is 35.3 Å². The van der Waals surface area contributed by atoms with Gasteiger partial charge in [-0.05, 0) is 44.0 Å². The second-order valence-electron chi connectivity index (χ2n) is 7.19. The number of likely N-dealkylation sites (N-methyl/N-ethyl adjacent to an activating group) is 1. The Balaban J connectivity index is 1.47. The van der Waals surface area contributed by atoms with E-state index in [1.807, 2.05) is 48.6 Å². The zero-order valence-corrected chi connectivity index (χ0v) is 16.0. The number of rotatable bonds is 7. The lowest BCUT2D eigenvalue weighted by Gasteiger charge is -2.42. The quantitative estimate of drug-likeness (QED) is 0.685. The number of imidazole rings is 1. The fourth-order valence-corrected chi connectivity index (χ4v) is 3.59. The maximum absolute atomic E-state index is 12.2. The van der Waals surface area contributed by atoms with Crippen molar-refractivity contribution in [3.05, 3.63) is 29.6 Å². The number of carboxylic acids is 1. The average Bonchev–Trinajstić information content (AvgIpc) is 2.89. The summed E-state index contributed by atoms with van der Waals surface area (Å²) in [5, 5.41) is 14.7. The molecule has 1 aromatic carbocycles. The molecule has 1 aliphatic carbocycles. The molecule has 1 saturated carbocycles. The molecule has 0 saturated heterocycles. The summed E-state index contributed by atoms with van der Waals surface area (Å²) >= 11 is 0. The molecule has 1 aliphatic rings. The largest absolute Gasteiger partial charge is 0.480 e. The van der Waals surface area contributed by atoms with Gasteiger partial charge in [0, 0.05) is 19.1 Å². The standard InChI is InChI=1S/C19H27N5O3/c1-4-24(11-18(25)26)14-8-13(9-14)21-19(27)20-10-17-22-15-7-12(2)5-6-16(15)23(17)3/h5-7,13-14H,4,8-11H2,1-3H3,(H,25,26)(H2,20,21,27). The molecule has 0 unspecified atom stereocenters. The molecule has 1 heterocycles. The fourth-order valence-electron chi connectivity index (χ4n) is 3.59. The van der Waals surface area contributed by atoms with Crippen molar-refractivity contribution in [3.8, 4) is 0 Å². The molecule has 0 atom stereocenters. The van der Waals surface area contributed by atoms with Gasteiger partial charge < -0.3 is 20.3 Å². The second kappa shape index (κ2) is 7.96. The van der Waals surface area contributed by atoms with E-state index >= 15 is 0 Å². The number of aliphatic carboxylic acids is 1. The first kappa shape index (κ1) is 19.2. The molecule has 27 heavy (non-hydrogen) atoms. The van der Waals surface area contributed by atoms with Crippen LogP contribution in [0, 0.1) is 6.92 Å². The van der Waals surface area contributed by atoms with Crippen LogP contribution in [0.2, 0.25) is 0 Å². The van der Waals surface area contributed by atoms with Crippen LogP contribution in [0.15, 0.2) is 18.2 Å². The van der Waals surface area contributed by atoms with E-state index in [1.165, 1.54) is 0 Å². The normalized spacial score (nSPS) is 19.1. The van der Waals surface area contributed by atoms with Crippen molar-refractivity contribution in [2.75, 3.05) is 13.1 Å². The first-order valence-electron chi connectivity index (χ1n) is 9.29. The number of carboxylic acid groups (broad SMARTS) is 1. The number of hydrogen-bond donors (Lipinski definition) is 3. The highest BCUT2D eigenvalue weighted by atomic mass is 16.4. The van der Waals surface area contributed by atoms with Gasteiger partial charge in [0.05, 0.1) is 24.1 Å². The topological polar surface area (TPSA) is 99.5 Å². The van der Waals surface area contributed by atoms with Gasteiger partial charge in [0.25, 0.3) is 0 Å². The fraction of sp³-hybridized carbons (Fsp3) is 0.526. The first-order chi connectivity index (χ1) is 12.9. The SMILES string of the molecule is CCN(CC(=O)O)C1CC(NC(=O)NCc2nc3cc(C)ccc3n2C)C1. The van der Waals surface area contributed by atoms with Gasteiger partial charge in [-0.1, -0.05) is 13.0 Å². The molecule has 8 nitrogen and oxygen atoms in total. The lowest BCUT2D eigenvalue weighted by molar-refractivity contribution is -0.139. The molecule has 0 bridgehead atoms. The highest BCUT2D eigenvalue weighted by Crippen LogP contribution is 2.25. The van der Waals surface area contributed by atoms with Crippen LogP contribution in [0.3, 0.4) is 0 Å².